The van der Waals surface area contributed by atoms with Crippen LogP contribution in [0.3, 0.4) is 0 Å². The van der Waals surface area contributed by atoms with Crippen molar-refractivity contribution in [3.8, 4) is 0 Å². The first-order chi connectivity index (χ1) is 4.22. The van der Waals surface area contributed by atoms with Crippen LogP contribution in [-0.2, 0) is 0 Å². The lowest BCUT2D eigenvalue weighted by atomic mass is 11.1. The maximum Gasteiger partial charge on any atom is 0.214 e. The van der Waals surface area contributed by atoms with Crippen LogP contribution in [0.2, 0.25) is 0 Å². The number of H-pyrrole nitrogens is 1. The highest BCUT2D eigenvalue weighted by Gasteiger charge is 1.91. The molecule has 0 atom stereocenters. The van der Waals surface area contributed by atoms with Crippen molar-refractivity contribution in [1.82, 2.24) is 14.9 Å². The molecule has 1 aromatic heterocycles. The van der Waals surface area contributed by atoms with Crippen molar-refractivity contribution in [1.29, 1.82) is 0 Å². The van der Waals surface area contributed by atoms with Crippen LogP contribution in [0.1, 0.15) is 0 Å². The number of aromatic amines is 1. The third-order valence-corrected chi connectivity index (χ3v) is 1.24. The van der Waals surface area contributed by atoms with E-state index in [1.807, 2.05) is 19.1 Å². The Bertz CT molecular complexity index is 235. The van der Waals surface area contributed by atoms with E-state index in [9.17, 15) is 0 Å². The van der Waals surface area contributed by atoms with E-state index in [0.29, 0.717) is 4.77 Å². The monoisotopic (exact) mass is 144 g/mol. The van der Waals surface area contributed by atoms with E-state index in [1.165, 1.54) is 0 Å². The van der Waals surface area contributed by atoms with Gasteiger partial charge in [-0.1, -0.05) is 0 Å². The molecular weight excluding hydrogens is 136 g/mol. The minimum absolute atomic E-state index is 0.611. The molecule has 0 fully saturated rings. The third-order valence-electron chi connectivity index (χ3n) is 0.966. The highest BCUT2D eigenvalue weighted by atomic mass is 32.1. The Kier molecular flexibility index (Phi) is 1.52. The number of aromatic nitrogens is 3. The van der Waals surface area contributed by atoms with Gasteiger partial charge < -0.3 is 5.01 Å². The topological polar surface area (TPSA) is 36.9 Å². The van der Waals surface area contributed by atoms with E-state index in [-0.39, 0.29) is 0 Å². The van der Waals surface area contributed by atoms with Crippen molar-refractivity contribution < 1.29 is 0 Å². The Labute approximate surface area is 58.1 Å². The van der Waals surface area contributed by atoms with Crippen LogP contribution < -0.4 is 5.01 Å². The number of rotatable bonds is 1. The molecule has 0 saturated carbocycles. The Hall–Kier alpha value is -0.840. The van der Waals surface area contributed by atoms with Gasteiger partial charge in [-0.15, -0.1) is 0 Å². The molecule has 4 nitrogen and oxygen atoms in total. The molecule has 9 heavy (non-hydrogen) atoms. The summed E-state index contributed by atoms with van der Waals surface area (Å²) in [5.41, 5.74) is 0. The maximum absolute atomic E-state index is 4.86. The second-order valence-electron chi connectivity index (χ2n) is 1.85. The molecule has 5 heteroatoms. The molecule has 0 radical (unpaired) electrons. The fraction of sp³-hybridized carbons (Fsp3) is 0.500. The Morgan fingerprint density at radius 2 is 2.44 bits per heavy atom. The van der Waals surface area contributed by atoms with Crippen molar-refractivity contribution in [2.45, 2.75) is 0 Å². The molecule has 0 unspecified atom stereocenters. The maximum atomic E-state index is 4.86. The van der Waals surface area contributed by atoms with Gasteiger partial charge in [-0.2, -0.15) is 5.10 Å². The van der Waals surface area contributed by atoms with E-state index in [0.717, 1.165) is 0 Å². The Balaban J connectivity index is 3.08. The fourth-order valence-electron chi connectivity index (χ4n) is 0.527. The molecule has 50 valence electrons. The van der Waals surface area contributed by atoms with Crippen molar-refractivity contribution in [3.63, 3.8) is 0 Å². The Morgan fingerprint density at radius 1 is 1.78 bits per heavy atom. The SMILES string of the molecule is CN(C)n1cn[nH]c1=S. The predicted octanol–water partition coefficient (Wildman–Crippen LogP) is 0.138. The van der Waals surface area contributed by atoms with Gasteiger partial charge in [0.15, 0.2) is 0 Å². The number of nitrogens with one attached hydrogen (secondary N) is 1. The van der Waals surface area contributed by atoms with Gasteiger partial charge in [-0.25, -0.2) is 4.68 Å². The van der Waals surface area contributed by atoms with Crippen molar-refractivity contribution >= 4 is 12.2 Å². The van der Waals surface area contributed by atoms with Crippen LogP contribution in [0.5, 0.6) is 0 Å². The van der Waals surface area contributed by atoms with Gasteiger partial charge in [-0.3, -0.25) is 5.10 Å². The van der Waals surface area contributed by atoms with Crippen LogP contribution in [0.4, 0.5) is 0 Å². The average molecular weight is 144 g/mol. The van der Waals surface area contributed by atoms with E-state index < -0.39 is 0 Å². The summed E-state index contributed by atoms with van der Waals surface area (Å²) in [6.45, 7) is 0. The summed E-state index contributed by atoms with van der Waals surface area (Å²) in [6.07, 6.45) is 1.63. The zero-order valence-corrected chi connectivity index (χ0v) is 6.14. The van der Waals surface area contributed by atoms with Crippen LogP contribution in [0.15, 0.2) is 6.33 Å². The molecule has 0 aliphatic heterocycles. The summed E-state index contributed by atoms with van der Waals surface area (Å²) in [5.74, 6) is 0. The lowest BCUT2D eigenvalue weighted by Gasteiger charge is -2.10. The van der Waals surface area contributed by atoms with E-state index >= 15 is 0 Å². The molecule has 0 amide bonds. The molecule has 0 aliphatic carbocycles. The second-order valence-corrected chi connectivity index (χ2v) is 2.24. The average Bonchev–Trinajstić information content (AvgIpc) is 2.13. The predicted molar refractivity (Wildman–Crippen MR) is 37.5 cm³/mol. The third kappa shape index (κ3) is 1.10. The molecule has 0 aromatic carbocycles. The van der Waals surface area contributed by atoms with Crippen molar-refractivity contribution in [2.75, 3.05) is 19.1 Å². The zero-order valence-electron chi connectivity index (χ0n) is 5.33. The van der Waals surface area contributed by atoms with Gasteiger partial charge in [0.25, 0.3) is 0 Å². The number of hydrogen-bond acceptors (Lipinski definition) is 3. The van der Waals surface area contributed by atoms with E-state index in [4.69, 9.17) is 12.2 Å². The van der Waals surface area contributed by atoms with Crippen LogP contribution >= 0.6 is 12.2 Å². The molecule has 0 bridgehead atoms. The highest BCUT2D eigenvalue weighted by molar-refractivity contribution is 7.71. The number of nitrogens with zero attached hydrogens (tertiary/aromatic N) is 3. The first-order valence-electron chi connectivity index (χ1n) is 2.51. The smallest absolute Gasteiger partial charge is 0.214 e. The van der Waals surface area contributed by atoms with Crippen molar-refractivity contribution in [2.24, 2.45) is 0 Å². The van der Waals surface area contributed by atoms with Gasteiger partial charge in [0.2, 0.25) is 4.77 Å². The Morgan fingerprint density at radius 3 is 2.67 bits per heavy atom. The van der Waals surface area contributed by atoms with Crippen molar-refractivity contribution in [3.05, 3.63) is 11.1 Å². The molecule has 0 saturated heterocycles. The normalized spacial score (nSPS) is 9.56. The second kappa shape index (κ2) is 2.18. The van der Waals surface area contributed by atoms with Gasteiger partial charge in [0.05, 0.1) is 0 Å². The molecule has 1 aromatic rings. The molecular formula is C4H8N4S. The summed E-state index contributed by atoms with van der Waals surface area (Å²) >= 11 is 4.86. The largest absolute Gasteiger partial charge is 0.315 e. The standard InChI is InChI=1S/C4H8N4S/c1-7(2)8-3-5-6-4(8)9/h3H,1-2H3,(H,6,9). The van der Waals surface area contributed by atoms with Crippen LogP contribution in [-0.4, -0.2) is 29.0 Å². The summed E-state index contributed by atoms with van der Waals surface area (Å²) < 4.78 is 2.34. The minimum Gasteiger partial charge on any atom is -0.315 e. The lowest BCUT2D eigenvalue weighted by Crippen LogP contribution is -2.23. The molecule has 0 spiro atoms. The zero-order chi connectivity index (χ0) is 6.85. The minimum atomic E-state index is 0.611. The highest BCUT2D eigenvalue weighted by Crippen LogP contribution is 1.83. The molecule has 0 aliphatic rings. The van der Waals surface area contributed by atoms with Gasteiger partial charge in [0, 0.05) is 14.1 Å². The molecule has 1 N–H and O–H groups in total. The first kappa shape index (κ1) is 6.28. The summed E-state index contributed by atoms with van der Waals surface area (Å²) in [7, 11) is 3.79. The number of hydrogen-bond donors (Lipinski definition) is 1. The van der Waals surface area contributed by atoms with Gasteiger partial charge >= 0.3 is 0 Å². The van der Waals surface area contributed by atoms with Crippen LogP contribution in [0, 0.1) is 4.77 Å². The molecule has 1 heterocycles. The summed E-state index contributed by atoms with van der Waals surface area (Å²) in [6, 6.07) is 0. The van der Waals surface area contributed by atoms with E-state index in [2.05, 4.69) is 10.2 Å². The van der Waals surface area contributed by atoms with Crippen LogP contribution in [0.25, 0.3) is 0 Å². The quantitative estimate of drug-likeness (QED) is 0.569. The summed E-state index contributed by atoms with van der Waals surface area (Å²) in [4.78, 5) is 0. The summed E-state index contributed by atoms with van der Waals surface area (Å²) in [5, 5.41) is 8.21. The lowest BCUT2D eigenvalue weighted by molar-refractivity contribution is 0.718. The molecule has 1 rings (SSSR count). The van der Waals surface area contributed by atoms with E-state index in [1.54, 1.807) is 11.0 Å². The van der Waals surface area contributed by atoms with Gasteiger partial charge in [-0.05, 0) is 12.2 Å². The van der Waals surface area contributed by atoms with Gasteiger partial charge in [0.1, 0.15) is 6.33 Å². The first-order valence-corrected chi connectivity index (χ1v) is 2.92. The fourth-order valence-corrected chi connectivity index (χ4v) is 0.791.